The number of aliphatic hydroxyl groups is 1. The molecule has 118 valence electrons. The summed E-state index contributed by atoms with van der Waals surface area (Å²) < 4.78 is 5.06. The van der Waals surface area contributed by atoms with Gasteiger partial charge in [0.05, 0.1) is 18.4 Å². The Labute approximate surface area is 135 Å². The Hall–Kier alpha value is -3.08. The van der Waals surface area contributed by atoms with E-state index in [0.29, 0.717) is 17.1 Å². The first kappa shape index (κ1) is 16.3. The maximum absolute atomic E-state index is 12.3. The number of allylic oxidation sites excluding steroid dienone is 1. The van der Waals surface area contributed by atoms with Crippen LogP contribution in [0.25, 0.3) is 0 Å². The molecular weight excluding hydrogens is 292 g/mol. The minimum atomic E-state index is -0.435. The number of carbonyl (C=O) groups is 1. The van der Waals surface area contributed by atoms with Crippen LogP contribution in [0.15, 0.2) is 70.9 Å². The van der Waals surface area contributed by atoms with Crippen LogP contribution in [0.5, 0.6) is 5.75 Å². The van der Waals surface area contributed by atoms with Gasteiger partial charge in [-0.3, -0.25) is 9.79 Å². The van der Waals surface area contributed by atoms with Crippen LogP contribution in [0.4, 0.5) is 11.4 Å². The van der Waals surface area contributed by atoms with Crippen molar-refractivity contribution in [2.24, 2.45) is 4.99 Å². The van der Waals surface area contributed by atoms with Crippen molar-refractivity contribution < 1.29 is 14.6 Å². The van der Waals surface area contributed by atoms with Gasteiger partial charge in [0.25, 0.3) is 5.91 Å². The molecule has 5 nitrogen and oxygen atoms in total. The van der Waals surface area contributed by atoms with Crippen LogP contribution in [0.1, 0.15) is 6.92 Å². The van der Waals surface area contributed by atoms with Gasteiger partial charge in [0.2, 0.25) is 0 Å². The number of benzene rings is 2. The number of nitrogens with one attached hydrogen (secondary N) is 1. The van der Waals surface area contributed by atoms with Crippen LogP contribution in [0.3, 0.4) is 0 Å². The third-order valence-corrected chi connectivity index (χ3v) is 3.08. The van der Waals surface area contributed by atoms with Crippen LogP contribution in [0.2, 0.25) is 0 Å². The van der Waals surface area contributed by atoms with Crippen molar-refractivity contribution in [3.63, 3.8) is 0 Å². The van der Waals surface area contributed by atoms with Gasteiger partial charge in [-0.05, 0) is 43.3 Å². The Bertz CT molecular complexity index is 716. The van der Waals surface area contributed by atoms with Gasteiger partial charge in [0.1, 0.15) is 11.5 Å². The molecule has 0 unspecified atom stereocenters. The molecule has 2 aromatic carbocycles. The van der Waals surface area contributed by atoms with Crippen molar-refractivity contribution in [1.29, 1.82) is 0 Å². The molecule has 0 bridgehead atoms. The number of carbonyl (C=O) groups excluding carboxylic acids is 1. The zero-order chi connectivity index (χ0) is 16.7. The summed E-state index contributed by atoms with van der Waals surface area (Å²) in [5.41, 5.74) is 1.40. The summed E-state index contributed by atoms with van der Waals surface area (Å²) >= 11 is 0. The van der Waals surface area contributed by atoms with E-state index in [9.17, 15) is 9.90 Å². The quantitative estimate of drug-likeness (QED) is 0.500. The minimum absolute atomic E-state index is 0.101. The summed E-state index contributed by atoms with van der Waals surface area (Å²) in [5.74, 6) is 0.160. The highest BCUT2D eigenvalue weighted by Gasteiger charge is 2.11. The summed E-state index contributed by atoms with van der Waals surface area (Å²) in [6.45, 7) is 1.44. The number of aliphatic imine (C=N–C) groups is 1. The molecule has 0 atom stereocenters. The summed E-state index contributed by atoms with van der Waals surface area (Å²) in [6, 6.07) is 16.1. The van der Waals surface area contributed by atoms with E-state index in [2.05, 4.69) is 10.3 Å². The van der Waals surface area contributed by atoms with Gasteiger partial charge in [-0.25, -0.2) is 0 Å². The van der Waals surface area contributed by atoms with Crippen LogP contribution < -0.4 is 10.1 Å². The van der Waals surface area contributed by atoms with Crippen molar-refractivity contribution in [2.45, 2.75) is 6.92 Å². The number of para-hydroxylation sites is 1. The average molecular weight is 310 g/mol. The molecular formula is C18H18N2O3. The molecule has 2 aromatic rings. The van der Waals surface area contributed by atoms with Crippen molar-refractivity contribution >= 4 is 23.5 Å². The van der Waals surface area contributed by atoms with E-state index < -0.39 is 5.91 Å². The zero-order valence-corrected chi connectivity index (χ0v) is 13.0. The lowest BCUT2D eigenvalue weighted by Crippen LogP contribution is -2.16. The van der Waals surface area contributed by atoms with E-state index in [1.165, 1.54) is 13.1 Å². The molecule has 0 aliphatic carbocycles. The lowest BCUT2D eigenvalue weighted by molar-refractivity contribution is -0.112. The van der Waals surface area contributed by atoms with Gasteiger partial charge in [-0.1, -0.05) is 18.2 Å². The standard InChI is InChI=1S/C18H18N2O3/c1-13(21)17(12-19-14-6-4-3-5-7-14)18(22)20-15-8-10-16(23-2)11-9-15/h3-12,21H,1-2H3,(H,20,22)/b17-13+,19-12?. The Morgan fingerprint density at radius 3 is 2.35 bits per heavy atom. The predicted molar refractivity (Wildman–Crippen MR) is 91.5 cm³/mol. The normalized spacial score (nSPS) is 11.9. The first-order valence-electron chi connectivity index (χ1n) is 7.04. The molecule has 2 N–H and O–H groups in total. The maximum atomic E-state index is 12.3. The van der Waals surface area contributed by atoms with Crippen LogP contribution in [-0.2, 0) is 4.79 Å². The van der Waals surface area contributed by atoms with Gasteiger partial charge >= 0.3 is 0 Å². The van der Waals surface area contributed by atoms with E-state index in [1.54, 1.807) is 31.4 Å². The number of hydrogen-bond acceptors (Lipinski definition) is 4. The number of rotatable bonds is 5. The highest BCUT2D eigenvalue weighted by atomic mass is 16.5. The number of amides is 1. The third-order valence-electron chi connectivity index (χ3n) is 3.08. The molecule has 0 saturated heterocycles. The second kappa shape index (κ2) is 7.79. The maximum Gasteiger partial charge on any atom is 0.260 e. The smallest absolute Gasteiger partial charge is 0.260 e. The topological polar surface area (TPSA) is 70.9 Å². The molecule has 0 aliphatic rings. The summed E-state index contributed by atoms with van der Waals surface area (Å²) in [7, 11) is 1.57. The van der Waals surface area contributed by atoms with E-state index in [0.717, 1.165) is 0 Å². The number of methoxy groups -OCH3 is 1. The highest BCUT2D eigenvalue weighted by molar-refractivity contribution is 6.18. The number of hydrogen-bond donors (Lipinski definition) is 2. The second-order valence-electron chi connectivity index (χ2n) is 4.78. The fraction of sp³-hybridized carbons (Fsp3) is 0.111. The van der Waals surface area contributed by atoms with Crippen molar-refractivity contribution in [3.8, 4) is 5.75 Å². The molecule has 0 heterocycles. The molecule has 0 aliphatic heterocycles. The first-order valence-corrected chi connectivity index (χ1v) is 7.04. The molecule has 0 saturated carbocycles. The van der Waals surface area contributed by atoms with Gasteiger partial charge in [-0.15, -0.1) is 0 Å². The molecule has 5 heteroatoms. The summed E-state index contributed by atoms with van der Waals surface area (Å²) in [4.78, 5) is 16.5. The Morgan fingerprint density at radius 1 is 1.13 bits per heavy atom. The number of aliphatic hydroxyl groups excluding tert-OH is 1. The highest BCUT2D eigenvalue weighted by Crippen LogP contribution is 2.16. The van der Waals surface area contributed by atoms with Crippen molar-refractivity contribution in [2.75, 3.05) is 12.4 Å². The Kier molecular flexibility index (Phi) is 5.52. The van der Waals surface area contributed by atoms with E-state index in [-0.39, 0.29) is 11.3 Å². The van der Waals surface area contributed by atoms with Gasteiger partial charge < -0.3 is 15.2 Å². The SMILES string of the molecule is COc1ccc(NC(=O)/C(C=Nc2ccccc2)=C(\C)O)cc1. The second-order valence-corrected chi connectivity index (χ2v) is 4.78. The lowest BCUT2D eigenvalue weighted by atomic mass is 10.2. The van der Waals surface area contributed by atoms with Crippen LogP contribution in [0, 0.1) is 0 Å². The fourth-order valence-electron chi connectivity index (χ4n) is 1.84. The van der Waals surface area contributed by atoms with Crippen LogP contribution >= 0.6 is 0 Å². The third kappa shape index (κ3) is 4.71. The lowest BCUT2D eigenvalue weighted by Gasteiger charge is -2.07. The predicted octanol–water partition coefficient (Wildman–Crippen LogP) is 3.87. The molecule has 0 aromatic heterocycles. The number of anilines is 1. The van der Waals surface area contributed by atoms with E-state index in [4.69, 9.17) is 4.74 Å². The van der Waals surface area contributed by atoms with Gasteiger partial charge in [0, 0.05) is 11.9 Å². The van der Waals surface area contributed by atoms with Crippen LogP contribution in [-0.4, -0.2) is 24.3 Å². The van der Waals surface area contributed by atoms with Crippen molar-refractivity contribution in [1.82, 2.24) is 0 Å². The van der Waals surface area contributed by atoms with E-state index in [1.807, 2.05) is 30.3 Å². The van der Waals surface area contributed by atoms with Gasteiger partial charge in [0.15, 0.2) is 0 Å². The largest absolute Gasteiger partial charge is 0.512 e. The number of nitrogens with zero attached hydrogens (tertiary/aromatic N) is 1. The molecule has 0 fully saturated rings. The first-order chi connectivity index (χ1) is 11.1. The molecule has 0 spiro atoms. The van der Waals surface area contributed by atoms with Crippen molar-refractivity contribution in [3.05, 3.63) is 65.9 Å². The minimum Gasteiger partial charge on any atom is -0.512 e. The van der Waals surface area contributed by atoms with Gasteiger partial charge in [-0.2, -0.15) is 0 Å². The Morgan fingerprint density at radius 2 is 1.78 bits per heavy atom. The molecule has 1 amide bonds. The molecule has 2 rings (SSSR count). The average Bonchev–Trinajstić information content (AvgIpc) is 2.56. The Balaban J connectivity index is 2.13. The fourth-order valence-corrected chi connectivity index (χ4v) is 1.84. The van der Waals surface area contributed by atoms with E-state index >= 15 is 0 Å². The number of ether oxygens (including phenoxy) is 1. The summed E-state index contributed by atoms with van der Waals surface area (Å²) in [6.07, 6.45) is 1.35. The summed E-state index contributed by atoms with van der Waals surface area (Å²) in [5, 5.41) is 12.4. The molecule has 0 radical (unpaired) electrons. The zero-order valence-electron chi connectivity index (χ0n) is 13.0. The monoisotopic (exact) mass is 310 g/mol. The molecule has 23 heavy (non-hydrogen) atoms.